The van der Waals surface area contributed by atoms with Gasteiger partial charge in [-0.3, -0.25) is 4.79 Å². The molecule has 3 N–H and O–H groups in total. The van der Waals surface area contributed by atoms with Gasteiger partial charge in [-0.05, 0) is 38.1 Å². The minimum absolute atomic E-state index is 0.0397. The number of rotatable bonds is 6. The predicted octanol–water partition coefficient (Wildman–Crippen LogP) is 2.60. The van der Waals surface area contributed by atoms with Gasteiger partial charge < -0.3 is 11.1 Å². The van der Waals surface area contributed by atoms with Gasteiger partial charge in [0.05, 0.1) is 0 Å². The van der Waals surface area contributed by atoms with E-state index in [4.69, 9.17) is 5.73 Å². The van der Waals surface area contributed by atoms with Crippen LogP contribution < -0.4 is 11.1 Å². The summed E-state index contributed by atoms with van der Waals surface area (Å²) in [6.45, 7) is 0.828. The summed E-state index contributed by atoms with van der Waals surface area (Å²) in [6, 6.07) is 0. The average Bonchev–Trinajstić information content (AvgIpc) is 2.36. The normalized spacial score (nSPS) is 24.2. The van der Waals surface area contributed by atoms with Gasteiger partial charge in [0.1, 0.15) is 0 Å². The fourth-order valence-electron chi connectivity index (χ4n) is 2.63. The number of nitrogens with one attached hydrogen (secondary N) is 1. The Morgan fingerprint density at radius 1 is 1.21 bits per heavy atom. The van der Waals surface area contributed by atoms with E-state index in [1.165, 1.54) is 0 Å². The van der Waals surface area contributed by atoms with Crippen molar-refractivity contribution in [2.45, 2.75) is 51.1 Å². The molecule has 0 spiro atoms. The molecule has 1 fully saturated rings. The predicted molar refractivity (Wildman–Crippen MR) is 67.4 cm³/mol. The molecule has 1 aliphatic carbocycles. The molecule has 2 atom stereocenters. The van der Waals surface area contributed by atoms with Crippen LogP contribution >= 0.6 is 0 Å². The summed E-state index contributed by atoms with van der Waals surface area (Å²) in [4.78, 5) is 11.9. The maximum absolute atomic E-state index is 11.9. The smallest absolute Gasteiger partial charge is 0.356 e. The quantitative estimate of drug-likeness (QED) is 0.735. The minimum Gasteiger partial charge on any atom is -0.356 e. The van der Waals surface area contributed by atoms with E-state index >= 15 is 0 Å². The molecule has 2 unspecified atom stereocenters. The SMILES string of the molecule is NCC1CCCCC1C(=O)NCCCCC(F)(F)F. The summed E-state index contributed by atoms with van der Waals surface area (Å²) >= 11 is 0. The number of carbonyl (C=O) groups is 1. The molecule has 6 heteroatoms. The van der Waals surface area contributed by atoms with Gasteiger partial charge >= 0.3 is 6.18 Å². The highest BCUT2D eigenvalue weighted by Gasteiger charge is 2.29. The first-order valence-electron chi connectivity index (χ1n) is 6.98. The molecule has 1 aliphatic rings. The van der Waals surface area contributed by atoms with Crippen molar-refractivity contribution in [3.8, 4) is 0 Å². The van der Waals surface area contributed by atoms with E-state index in [0.717, 1.165) is 25.7 Å². The van der Waals surface area contributed by atoms with E-state index < -0.39 is 12.6 Å². The number of unbranched alkanes of at least 4 members (excludes halogenated alkanes) is 1. The third-order valence-electron chi connectivity index (χ3n) is 3.73. The molecule has 0 bridgehead atoms. The molecule has 1 amide bonds. The van der Waals surface area contributed by atoms with Crippen LogP contribution in [0.2, 0.25) is 0 Å². The van der Waals surface area contributed by atoms with Gasteiger partial charge in [-0.2, -0.15) is 13.2 Å². The van der Waals surface area contributed by atoms with Crippen LogP contribution in [0.4, 0.5) is 13.2 Å². The van der Waals surface area contributed by atoms with Gasteiger partial charge in [0.15, 0.2) is 0 Å². The molecule has 0 radical (unpaired) electrons. The van der Waals surface area contributed by atoms with Crippen molar-refractivity contribution in [1.82, 2.24) is 5.32 Å². The Hall–Kier alpha value is -0.780. The van der Waals surface area contributed by atoms with Gasteiger partial charge in [0.2, 0.25) is 5.91 Å². The van der Waals surface area contributed by atoms with Crippen LogP contribution in [0.5, 0.6) is 0 Å². The Morgan fingerprint density at radius 3 is 2.53 bits per heavy atom. The summed E-state index contributed by atoms with van der Waals surface area (Å²) in [5.74, 6) is 0.132. The van der Waals surface area contributed by atoms with Crippen molar-refractivity contribution < 1.29 is 18.0 Å². The third-order valence-corrected chi connectivity index (χ3v) is 3.73. The molecule has 0 aromatic rings. The first kappa shape index (κ1) is 16.3. The van der Waals surface area contributed by atoms with E-state index in [2.05, 4.69) is 5.32 Å². The van der Waals surface area contributed by atoms with Gasteiger partial charge in [0, 0.05) is 18.9 Å². The van der Waals surface area contributed by atoms with E-state index in [0.29, 0.717) is 19.5 Å². The number of hydrogen-bond donors (Lipinski definition) is 2. The number of nitrogens with two attached hydrogens (primary N) is 1. The second-order valence-corrected chi connectivity index (χ2v) is 5.25. The molecule has 112 valence electrons. The average molecular weight is 280 g/mol. The largest absolute Gasteiger partial charge is 0.389 e. The number of hydrogen-bond acceptors (Lipinski definition) is 2. The van der Waals surface area contributed by atoms with Gasteiger partial charge in [-0.1, -0.05) is 12.8 Å². The van der Waals surface area contributed by atoms with Crippen molar-refractivity contribution in [1.29, 1.82) is 0 Å². The van der Waals surface area contributed by atoms with E-state index in [9.17, 15) is 18.0 Å². The van der Waals surface area contributed by atoms with E-state index in [1.807, 2.05) is 0 Å². The lowest BCUT2D eigenvalue weighted by Gasteiger charge is -2.29. The minimum atomic E-state index is -4.10. The second kappa shape index (κ2) is 7.72. The number of amides is 1. The molecule has 1 rings (SSSR count). The van der Waals surface area contributed by atoms with Gasteiger partial charge in [-0.15, -0.1) is 0 Å². The summed E-state index contributed by atoms with van der Waals surface area (Å²) in [5, 5.41) is 2.74. The Morgan fingerprint density at radius 2 is 1.89 bits per heavy atom. The van der Waals surface area contributed by atoms with Crippen LogP contribution in [-0.2, 0) is 4.79 Å². The first-order chi connectivity index (χ1) is 8.94. The summed E-state index contributed by atoms with van der Waals surface area (Å²) in [5.41, 5.74) is 5.65. The molecular weight excluding hydrogens is 257 g/mol. The fourth-order valence-corrected chi connectivity index (χ4v) is 2.63. The maximum atomic E-state index is 11.9. The lowest BCUT2D eigenvalue weighted by atomic mass is 9.79. The lowest BCUT2D eigenvalue weighted by Crippen LogP contribution is -2.39. The van der Waals surface area contributed by atoms with Crippen molar-refractivity contribution in [3.63, 3.8) is 0 Å². The second-order valence-electron chi connectivity index (χ2n) is 5.25. The Kier molecular flexibility index (Phi) is 6.62. The van der Waals surface area contributed by atoms with Crippen LogP contribution in [0.1, 0.15) is 44.9 Å². The molecular formula is C13H23F3N2O. The van der Waals surface area contributed by atoms with E-state index in [-0.39, 0.29) is 24.2 Å². The molecule has 0 saturated heterocycles. The van der Waals surface area contributed by atoms with Crippen molar-refractivity contribution in [2.75, 3.05) is 13.1 Å². The fraction of sp³-hybridized carbons (Fsp3) is 0.923. The molecule has 0 heterocycles. The van der Waals surface area contributed by atoms with Crippen LogP contribution in [0.15, 0.2) is 0 Å². The van der Waals surface area contributed by atoms with Crippen molar-refractivity contribution in [3.05, 3.63) is 0 Å². The zero-order valence-electron chi connectivity index (χ0n) is 11.1. The molecule has 19 heavy (non-hydrogen) atoms. The third kappa shape index (κ3) is 6.27. The Bertz CT molecular complexity index is 282. The van der Waals surface area contributed by atoms with Crippen LogP contribution in [-0.4, -0.2) is 25.2 Å². The number of carbonyl (C=O) groups excluding carboxylic acids is 1. The summed E-state index contributed by atoms with van der Waals surface area (Å²) in [7, 11) is 0. The zero-order chi connectivity index (χ0) is 14.3. The summed E-state index contributed by atoms with van der Waals surface area (Å²) < 4.78 is 35.8. The van der Waals surface area contributed by atoms with Crippen molar-refractivity contribution >= 4 is 5.91 Å². The van der Waals surface area contributed by atoms with E-state index in [1.54, 1.807) is 0 Å². The highest BCUT2D eigenvalue weighted by atomic mass is 19.4. The Labute approximate surface area is 112 Å². The van der Waals surface area contributed by atoms with Gasteiger partial charge in [0.25, 0.3) is 0 Å². The number of halogens is 3. The number of alkyl halides is 3. The maximum Gasteiger partial charge on any atom is 0.389 e. The molecule has 0 aliphatic heterocycles. The highest BCUT2D eigenvalue weighted by molar-refractivity contribution is 5.79. The monoisotopic (exact) mass is 280 g/mol. The molecule has 0 aromatic heterocycles. The topological polar surface area (TPSA) is 55.1 Å². The van der Waals surface area contributed by atoms with Gasteiger partial charge in [-0.25, -0.2) is 0 Å². The zero-order valence-corrected chi connectivity index (χ0v) is 11.1. The van der Waals surface area contributed by atoms with Crippen LogP contribution in [0, 0.1) is 11.8 Å². The molecule has 1 saturated carbocycles. The van der Waals surface area contributed by atoms with Crippen molar-refractivity contribution in [2.24, 2.45) is 17.6 Å². The summed E-state index contributed by atoms with van der Waals surface area (Å²) in [6.07, 6.45) is -0.491. The Balaban J connectivity index is 2.19. The molecule has 0 aromatic carbocycles. The van der Waals surface area contributed by atoms with Crippen LogP contribution in [0.3, 0.4) is 0 Å². The highest BCUT2D eigenvalue weighted by Crippen LogP contribution is 2.29. The molecule has 3 nitrogen and oxygen atoms in total. The first-order valence-corrected chi connectivity index (χ1v) is 6.98. The lowest BCUT2D eigenvalue weighted by molar-refractivity contribution is -0.135. The van der Waals surface area contributed by atoms with Crippen LogP contribution in [0.25, 0.3) is 0 Å². The standard InChI is InChI=1S/C13H23F3N2O/c14-13(15,16)7-3-4-8-18-12(19)11-6-2-1-5-10(11)9-17/h10-11H,1-9,17H2,(H,18,19).